The Hall–Kier alpha value is -5.51. The quantitative estimate of drug-likeness (QED) is 0.181. The van der Waals surface area contributed by atoms with Crippen molar-refractivity contribution in [3.63, 3.8) is 0 Å². The molecule has 0 spiro atoms. The molecule has 5 nitrogen and oxygen atoms in total. The Bertz CT molecular complexity index is 2550. The summed E-state index contributed by atoms with van der Waals surface area (Å²) in [6, 6.07) is 49.5. The van der Waals surface area contributed by atoms with Gasteiger partial charge in [-0.05, 0) is 48.0 Å². The van der Waals surface area contributed by atoms with E-state index in [0.717, 1.165) is 60.8 Å². The number of para-hydroxylation sites is 3. The zero-order valence-electron chi connectivity index (χ0n) is 24.3. The minimum Gasteiger partial charge on any atom is -0.507 e. The number of benzene rings is 5. The number of phenols is 1. The largest absolute Gasteiger partial charge is 0.507 e. The van der Waals surface area contributed by atoms with E-state index in [1.807, 2.05) is 91.0 Å². The van der Waals surface area contributed by atoms with Crippen molar-refractivity contribution in [1.29, 1.82) is 0 Å². The summed E-state index contributed by atoms with van der Waals surface area (Å²) in [6.07, 6.45) is 0. The van der Waals surface area contributed by atoms with E-state index in [-0.39, 0.29) is 26.8 Å². The molecule has 1 N–H and O–H groups in total. The monoisotopic (exact) mass is 773 g/mol. The summed E-state index contributed by atoms with van der Waals surface area (Å²) in [7, 11) is 0. The summed E-state index contributed by atoms with van der Waals surface area (Å²) in [4.78, 5) is 10.2. The smallest absolute Gasteiger partial charge is 0.148 e. The molecule has 0 aliphatic heterocycles. The molecule has 0 bridgehead atoms. The van der Waals surface area contributed by atoms with E-state index in [9.17, 15) is 5.11 Å². The van der Waals surface area contributed by atoms with Gasteiger partial charge in [0.2, 0.25) is 0 Å². The van der Waals surface area contributed by atoms with Gasteiger partial charge in [0.15, 0.2) is 0 Å². The molecule has 0 radical (unpaired) electrons. The van der Waals surface area contributed by atoms with Crippen LogP contribution in [-0.4, -0.2) is 19.6 Å². The van der Waals surface area contributed by atoms with Crippen LogP contribution < -0.4 is 0 Å². The van der Waals surface area contributed by atoms with Crippen LogP contribution in [0.1, 0.15) is 0 Å². The molecule has 0 saturated carbocycles. The first kappa shape index (κ1) is 28.0. The molecule has 4 heterocycles. The maximum atomic E-state index is 11.2. The molecule has 9 rings (SSSR count). The van der Waals surface area contributed by atoms with E-state index in [1.165, 1.54) is 0 Å². The number of aromatic hydroxyl groups is 1. The van der Waals surface area contributed by atoms with Crippen molar-refractivity contribution in [2.75, 3.05) is 0 Å². The van der Waals surface area contributed by atoms with Crippen molar-refractivity contribution in [3.05, 3.63) is 146 Å². The van der Waals surface area contributed by atoms with E-state index in [4.69, 9.17) is 14.4 Å². The first-order valence-electron chi connectivity index (χ1n) is 14.8. The van der Waals surface area contributed by atoms with Crippen molar-refractivity contribution < 1.29 is 30.6 Å². The molecule has 0 atom stereocenters. The van der Waals surface area contributed by atoms with Gasteiger partial charge >= 0.3 is 0 Å². The Morgan fingerprint density at radius 2 is 1.28 bits per heavy atom. The number of rotatable bonds is 4. The summed E-state index contributed by atoms with van der Waals surface area (Å²) in [6.45, 7) is 0. The predicted octanol–water partition coefficient (Wildman–Crippen LogP) is 9.98. The molecule has 0 aliphatic rings. The molecule has 0 amide bonds. The van der Waals surface area contributed by atoms with E-state index in [0.29, 0.717) is 22.5 Å². The fourth-order valence-corrected chi connectivity index (χ4v) is 6.41. The number of fused-ring (bicyclic) bond motifs is 6. The van der Waals surface area contributed by atoms with Crippen LogP contribution in [0.25, 0.3) is 83.3 Å². The molecule has 46 heavy (non-hydrogen) atoms. The van der Waals surface area contributed by atoms with Gasteiger partial charge in [-0.1, -0.05) is 78.5 Å². The third kappa shape index (κ3) is 4.35. The van der Waals surface area contributed by atoms with Crippen molar-refractivity contribution >= 4 is 43.9 Å². The molecule has 0 fully saturated rings. The van der Waals surface area contributed by atoms with E-state index < -0.39 is 0 Å². The van der Waals surface area contributed by atoms with Crippen molar-refractivity contribution in [1.82, 2.24) is 14.5 Å². The average Bonchev–Trinajstić information content (AvgIpc) is 3.64. The Morgan fingerprint density at radius 3 is 2.15 bits per heavy atom. The Labute approximate surface area is 278 Å². The maximum absolute atomic E-state index is 11.2. The SMILES string of the molecule is Oc1ccc2c(oc3c(-c4ccccc4)cccc32)c1-c1cccc(-c2ccc3c4ccccc4n(-c4[c-]cccc4)c3n2)n1.[Pt]. The fourth-order valence-electron chi connectivity index (χ4n) is 6.41. The van der Waals surface area contributed by atoms with Gasteiger partial charge < -0.3 is 14.1 Å². The van der Waals surface area contributed by atoms with Crippen molar-refractivity contribution in [3.8, 4) is 45.2 Å². The number of nitrogens with zero attached hydrogens (tertiary/aromatic N) is 3. The predicted molar refractivity (Wildman–Crippen MR) is 180 cm³/mol. The number of phenolic OH excluding ortho intramolecular Hbond substituents is 1. The molecule has 0 unspecified atom stereocenters. The molecule has 222 valence electrons. The second-order valence-electron chi connectivity index (χ2n) is 11.1. The Morgan fingerprint density at radius 1 is 0.565 bits per heavy atom. The second-order valence-corrected chi connectivity index (χ2v) is 11.1. The zero-order chi connectivity index (χ0) is 29.9. The number of hydrogen-bond donors (Lipinski definition) is 1. The molecule has 4 aromatic heterocycles. The summed E-state index contributed by atoms with van der Waals surface area (Å²) < 4.78 is 8.73. The third-order valence-electron chi connectivity index (χ3n) is 8.45. The molecule has 0 aliphatic carbocycles. The molecular formula is C40H24N3O2Pt-. The molecule has 5 aromatic carbocycles. The van der Waals surface area contributed by atoms with Crippen LogP contribution >= 0.6 is 0 Å². The molecule has 0 saturated heterocycles. The minimum absolute atomic E-state index is 0. The maximum Gasteiger partial charge on any atom is 0.148 e. The van der Waals surface area contributed by atoms with Gasteiger partial charge in [-0.2, -0.15) is 24.3 Å². The summed E-state index contributed by atoms with van der Waals surface area (Å²) in [5.41, 5.74) is 8.85. The van der Waals surface area contributed by atoms with Crippen LogP contribution in [-0.2, 0) is 21.1 Å². The van der Waals surface area contributed by atoms with Gasteiger partial charge in [0.25, 0.3) is 0 Å². The Kier molecular flexibility index (Phi) is 6.78. The molecular weight excluding hydrogens is 750 g/mol. The number of aromatic nitrogens is 3. The first-order valence-corrected chi connectivity index (χ1v) is 14.8. The molecule has 9 aromatic rings. The van der Waals surface area contributed by atoms with Gasteiger partial charge in [0.1, 0.15) is 22.6 Å². The van der Waals surface area contributed by atoms with Gasteiger partial charge in [-0.15, -0.1) is 6.07 Å². The van der Waals surface area contributed by atoms with Gasteiger partial charge in [-0.3, -0.25) is 0 Å². The first-order chi connectivity index (χ1) is 22.2. The van der Waals surface area contributed by atoms with Gasteiger partial charge in [0, 0.05) is 48.2 Å². The van der Waals surface area contributed by atoms with E-state index in [2.05, 4.69) is 53.1 Å². The Balaban J connectivity index is 0.00000312. The van der Waals surface area contributed by atoms with Gasteiger partial charge in [0.05, 0.1) is 28.2 Å². The normalized spacial score (nSPS) is 11.4. The third-order valence-corrected chi connectivity index (χ3v) is 8.45. The number of hydrogen-bond acceptors (Lipinski definition) is 4. The van der Waals surface area contributed by atoms with E-state index >= 15 is 0 Å². The number of furan rings is 1. The summed E-state index contributed by atoms with van der Waals surface area (Å²) in [5.74, 6) is 0.107. The standard InChI is InChI=1S/C40H24N3O2.Pt/c44-36-24-22-30-29-17-9-16-27(25-11-3-1-4-12-25)38(29)45-39(30)37(36)34-19-10-18-32(41-34)33-23-21-31-28-15-7-8-20-35(28)43(40(31)42-33)26-13-5-2-6-14-26;/h1-13,15-24,44H;/q-1;. The van der Waals surface area contributed by atoms with Gasteiger partial charge in [-0.25, -0.2) is 9.97 Å². The minimum atomic E-state index is 0. The number of pyridine rings is 2. The molecule has 6 heteroatoms. The van der Waals surface area contributed by atoms with Crippen molar-refractivity contribution in [2.45, 2.75) is 0 Å². The van der Waals surface area contributed by atoms with Crippen LogP contribution in [0.4, 0.5) is 0 Å². The summed E-state index contributed by atoms with van der Waals surface area (Å²) in [5, 5.41) is 15.3. The van der Waals surface area contributed by atoms with Crippen LogP contribution in [0, 0.1) is 6.07 Å². The summed E-state index contributed by atoms with van der Waals surface area (Å²) >= 11 is 0. The fraction of sp³-hybridized carbons (Fsp3) is 0. The average molecular weight is 774 g/mol. The van der Waals surface area contributed by atoms with Crippen LogP contribution in [0.15, 0.2) is 144 Å². The van der Waals surface area contributed by atoms with E-state index in [1.54, 1.807) is 6.07 Å². The topological polar surface area (TPSA) is 64.1 Å². The zero-order valence-corrected chi connectivity index (χ0v) is 26.6. The van der Waals surface area contributed by atoms with Crippen LogP contribution in [0.3, 0.4) is 0 Å². The second kappa shape index (κ2) is 11.1. The van der Waals surface area contributed by atoms with Crippen LogP contribution in [0.2, 0.25) is 0 Å². The van der Waals surface area contributed by atoms with Crippen molar-refractivity contribution in [2.24, 2.45) is 0 Å². The van der Waals surface area contributed by atoms with Crippen LogP contribution in [0.5, 0.6) is 5.75 Å².